The second kappa shape index (κ2) is 7.24. The summed E-state index contributed by atoms with van der Waals surface area (Å²) in [4.78, 5) is 32.4. The Morgan fingerprint density at radius 3 is 2.36 bits per heavy atom. The van der Waals surface area contributed by atoms with Crippen molar-refractivity contribution >= 4 is 17.6 Å². The standard InChI is InChI=1S/C16H24N4O2/c1-12(2)15(21)18-13(3)16(22)20-10-8-19(9-11-20)14-6-4-5-7-17-14/h4-7,12-13H,8-11H2,1-3H3,(H,18,21). The Morgan fingerprint density at radius 2 is 1.82 bits per heavy atom. The van der Waals surface area contributed by atoms with E-state index in [1.807, 2.05) is 36.9 Å². The highest BCUT2D eigenvalue weighted by Crippen LogP contribution is 2.13. The number of anilines is 1. The molecular formula is C16H24N4O2. The summed E-state index contributed by atoms with van der Waals surface area (Å²) < 4.78 is 0. The van der Waals surface area contributed by atoms with Crippen molar-refractivity contribution in [3.8, 4) is 0 Å². The average molecular weight is 304 g/mol. The minimum absolute atomic E-state index is 0.0188. The van der Waals surface area contributed by atoms with E-state index in [4.69, 9.17) is 0 Å². The number of nitrogens with zero attached hydrogens (tertiary/aromatic N) is 3. The molecule has 0 spiro atoms. The van der Waals surface area contributed by atoms with Crippen molar-refractivity contribution < 1.29 is 9.59 Å². The quantitative estimate of drug-likeness (QED) is 0.897. The first kappa shape index (κ1) is 16.3. The van der Waals surface area contributed by atoms with Crippen LogP contribution in [0.3, 0.4) is 0 Å². The van der Waals surface area contributed by atoms with Crippen molar-refractivity contribution in [2.45, 2.75) is 26.8 Å². The van der Waals surface area contributed by atoms with Crippen LogP contribution in [0.4, 0.5) is 5.82 Å². The van der Waals surface area contributed by atoms with E-state index < -0.39 is 6.04 Å². The normalized spacial score (nSPS) is 16.5. The van der Waals surface area contributed by atoms with Crippen LogP contribution in [0.5, 0.6) is 0 Å². The third-order valence-corrected chi connectivity index (χ3v) is 3.82. The van der Waals surface area contributed by atoms with Crippen LogP contribution < -0.4 is 10.2 Å². The number of nitrogens with one attached hydrogen (secondary N) is 1. The second-order valence-electron chi connectivity index (χ2n) is 5.89. The lowest BCUT2D eigenvalue weighted by atomic mass is 10.1. The topological polar surface area (TPSA) is 65.5 Å². The largest absolute Gasteiger partial charge is 0.353 e. The van der Waals surface area contributed by atoms with Gasteiger partial charge in [-0.3, -0.25) is 9.59 Å². The highest BCUT2D eigenvalue weighted by atomic mass is 16.2. The summed E-state index contributed by atoms with van der Waals surface area (Å²) in [5.41, 5.74) is 0. The van der Waals surface area contributed by atoms with E-state index in [-0.39, 0.29) is 17.7 Å². The maximum absolute atomic E-state index is 12.4. The molecule has 0 aliphatic carbocycles. The Kier molecular flexibility index (Phi) is 5.35. The Morgan fingerprint density at radius 1 is 1.14 bits per heavy atom. The first-order valence-electron chi connectivity index (χ1n) is 7.74. The van der Waals surface area contributed by atoms with Crippen LogP contribution in [0.1, 0.15) is 20.8 Å². The molecule has 6 heteroatoms. The molecule has 1 aromatic rings. The van der Waals surface area contributed by atoms with Crippen LogP contribution in [0.25, 0.3) is 0 Å². The van der Waals surface area contributed by atoms with Gasteiger partial charge in [0.1, 0.15) is 11.9 Å². The number of aromatic nitrogens is 1. The number of hydrogen-bond acceptors (Lipinski definition) is 4. The minimum Gasteiger partial charge on any atom is -0.353 e. The molecule has 1 saturated heterocycles. The SMILES string of the molecule is CC(C)C(=O)NC(C)C(=O)N1CCN(c2ccccn2)CC1. The lowest BCUT2D eigenvalue weighted by Crippen LogP contribution is -2.54. The maximum atomic E-state index is 12.4. The summed E-state index contributed by atoms with van der Waals surface area (Å²) in [6.45, 7) is 8.19. The smallest absolute Gasteiger partial charge is 0.244 e. The van der Waals surface area contributed by atoms with E-state index in [1.54, 1.807) is 13.1 Å². The number of piperazine rings is 1. The number of carbonyl (C=O) groups excluding carboxylic acids is 2. The summed E-state index contributed by atoms with van der Waals surface area (Å²) in [6.07, 6.45) is 1.77. The summed E-state index contributed by atoms with van der Waals surface area (Å²) in [7, 11) is 0. The molecule has 0 aromatic carbocycles. The molecule has 0 radical (unpaired) electrons. The molecule has 2 amide bonds. The summed E-state index contributed by atoms with van der Waals surface area (Å²) in [5, 5.41) is 2.76. The maximum Gasteiger partial charge on any atom is 0.244 e. The molecule has 1 aliphatic rings. The fourth-order valence-corrected chi connectivity index (χ4v) is 2.41. The molecule has 1 N–H and O–H groups in total. The van der Waals surface area contributed by atoms with Gasteiger partial charge in [0.05, 0.1) is 0 Å². The van der Waals surface area contributed by atoms with Crippen molar-refractivity contribution in [3.05, 3.63) is 24.4 Å². The molecular weight excluding hydrogens is 280 g/mol. The Balaban J connectivity index is 1.86. The van der Waals surface area contributed by atoms with Crippen molar-refractivity contribution in [1.82, 2.24) is 15.2 Å². The summed E-state index contributed by atoms with van der Waals surface area (Å²) >= 11 is 0. The number of rotatable bonds is 4. The van der Waals surface area contributed by atoms with E-state index in [2.05, 4.69) is 15.2 Å². The van der Waals surface area contributed by atoms with Crippen LogP contribution in [0.2, 0.25) is 0 Å². The molecule has 2 rings (SSSR count). The van der Waals surface area contributed by atoms with Gasteiger partial charge >= 0.3 is 0 Å². The molecule has 1 atom stereocenters. The zero-order chi connectivity index (χ0) is 16.1. The molecule has 2 heterocycles. The third kappa shape index (κ3) is 3.96. The predicted molar refractivity (Wildman–Crippen MR) is 85.5 cm³/mol. The van der Waals surface area contributed by atoms with Crippen molar-refractivity contribution in [3.63, 3.8) is 0 Å². The monoisotopic (exact) mass is 304 g/mol. The minimum atomic E-state index is -0.476. The van der Waals surface area contributed by atoms with E-state index in [0.717, 1.165) is 18.9 Å². The first-order valence-corrected chi connectivity index (χ1v) is 7.74. The molecule has 1 aromatic heterocycles. The highest BCUT2D eigenvalue weighted by molar-refractivity contribution is 5.88. The van der Waals surface area contributed by atoms with Gasteiger partial charge in [0.25, 0.3) is 0 Å². The van der Waals surface area contributed by atoms with Crippen LogP contribution in [-0.4, -0.2) is 53.9 Å². The van der Waals surface area contributed by atoms with Crippen molar-refractivity contribution in [1.29, 1.82) is 0 Å². The van der Waals surface area contributed by atoms with Crippen LogP contribution in [0.15, 0.2) is 24.4 Å². The van der Waals surface area contributed by atoms with Gasteiger partial charge in [-0.2, -0.15) is 0 Å². The zero-order valence-electron chi connectivity index (χ0n) is 13.5. The number of hydrogen-bond donors (Lipinski definition) is 1. The van der Waals surface area contributed by atoms with E-state index in [1.165, 1.54) is 0 Å². The second-order valence-corrected chi connectivity index (χ2v) is 5.89. The van der Waals surface area contributed by atoms with Crippen molar-refractivity contribution in [2.24, 2.45) is 5.92 Å². The molecule has 6 nitrogen and oxygen atoms in total. The molecule has 1 fully saturated rings. The molecule has 120 valence electrons. The van der Waals surface area contributed by atoms with Gasteiger partial charge in [0, 0.05) is 38.3 Å². The lowest BCUT2D eigenvalue weighted by molar-refractivity contribution is -0.136. The summed E-state index contributed by atoms with van der Waals surface area (Å²) in [6, 6.07) is 5.35. The number of carbonyl (C=O) groups is 2. The molecule has 0 bridgehead atoms. The van der Waals surface area contributed by atoms with Gasteiger partial charge in [-0.15, -0.1) is 0 Å². The molecule has 22 heavy (non-hydrogen) atoms. The van der Waals surface area contributed by atoms with Gasteiger partial charge in [-0.25, -0.2) is 4.98 Å². The Bertz CT molecular complexity index is 510. The number of amides is 2. The summed E-state index contributed by atoms with van der Waals surface area (Å²) in [5.74, 6) is 0.717. The average Bonchev–Trinajstić information content (AvgIpc) is 2.55. The Labute approximate surface area is 131 Å². The molecule has 1 aliphatic heterocycles. The predicted octanol–water partition coefficient (Wildman–Crippen LogP) is 0.891. The van der Waals surface area contributed by atoms with Gasteiger partial charge in [-0.05, 0) is 19.1 Å². The van der Waals surface area contributed by atoms with Crippen LogP contribution >= 0.6 is 0 Å². The van der Waals surface area contributed by atoms with Gasteiger partial charge in [0.2, 0.25) is 11.8 Å². The molecule has 1 unspecified atom stereocenters. The lowest BCUT2D eigenvalue weighted by Gasteiger charge is -2.36. The van der Waals surface area contributed by atoms with E-state index in [9.17, 15) is 9.59 Å². The zero-order valence-corrected chi connectivity index (χ0v) is 13.5. The number of pyridine rings is 1. The van der Waals surface area contributed by atoms with Gasteiger partial charge in [0.15, 0.2) is 0 Å². The fraction of sp³-hybridized carbons (Fsp3) is 0.562. The van der Waals surface area contributed by atoms with Gasteiger partial charge < -0.3 is 15.1 Å². The van der Waals surface area contributed by atoms with E-state index >= 15 is 0 Å². The van der Waals surface area contributed by atoms with Crippen molar-refractivity contribution in [2.75, 3.05) is 31.1 Å². The fourth-order valence-electron chi connectivity index (χ4n) is 2.41. The highest BCUT2D eigenvalue weighted by Gasteiger charge is 2.26. The third-order valence-electron chi connectivity index (χ3n) is 3.82. The Hall–Kier alpha value is -2.11. The molecule has 0 saturated carbocycles. The van der Waals surface area contributed by atoms with Gasteiger partial charge in [-0.1, -0.05) is 19.9 Å². The van der Waals surface area contributed by atoms with E-state index in [0.29, 0.717) is 13.1 Å². The van der Waals surface area contributed by atoms with Crippen LogP contribution in [0, 0.1) is 5.92 Å². The van der Waals surface area contributed by atoms with Crippen LogP contribution in [-0.2, 0) is 9.59 Å². The first-order chi connectivity index (χ1) is 10.5.